The summed E-state index contributed by atoms with van der Waals surface area (Å²) in [5.41, 5.74) is 2.16. The molecular weight excluding hydrogens is 378 g/mol. The molecule has 2 aromatic carbocycles. The van der Waals surface area contributed by atoms with Crippen LogP contribution >= 0.6 is 0 Å². The minimum absolute atomic E-state index is 0.00533. The number of carbonyl (C=O) groups excluding carboxylic acids is 2. The van der Waals surface area contributed by atoms with Gasteiger partial charge in [-0.05, 0) is 30.5 Å². The summed E-state index contributed by atoms with van der Waals surface area (Å²) in [6.07, 6.45) is 4.15. The molecule has 0 amide bonds. The Kier molecular flexibility index (Phi) is 5.31. The fourth-order valence-corrected chi connectivity index (χ4v) is 3.80. The van der Waals surface area contributed by atoms with E-state index in [2.05, 4.69) is 34.3 Å². The van der Waals surface area contributed by atoms with Gasteiger partial charge >= 0.3 is 5.97 Å². The number of rotatable bonds is 5. The second-order valence-electron chi connectivity index (χ2n) is 7.43. The maximum Gasteiger partial charge on any atom is 0.343 e. The van der Waals surface area contributed by atoms with Crippen molar-refractivity contribution in [3.8, 4) is 11.1 Å². The smallest absolute Gasteiger partial charge is 0.343 e. The lowest BCUT2D eigenvalue weighted by Gasteiger charge is -2.42. The van der Waals surface area contributed by atoms with Crippen LogP contribution in [0.3, 0.4) is 0 Å². The fourth-order valence-electron chi connectivity index (χ4n) is 3.80. The molecule has 2 aliphatic heterocycles. The minimum atomic E-state index is -1.16. The van der Waals surface area contributed by atoms with Gasteiger partial charge < -0.3 is 9.64 Å². The molecule has 0 fully saturated rings. The molecule has 0 N–H and O–H groups in total. The number of ether oxygens (including phenoxy) is 1. The number of aliphatic imine (C=N–C) groups is 2. The number of Topliss-reactive ketones (excluding diaryl/α,β-unsaturated/α-hetero) is 1. The molecule has 2 atom stereocenters. The zero-order valence-electron chi connectivity index (χ0n) is 17.0. The van der Waals surface area contributed by atoms with Gasteiger partial charge in [0.05, 0.1) is 6.61 Å². The van der Waals surface area contributed by atoms with Crippen LogP contribution < -0.4 is 0 Å². The monoisotopic (exact) mass is 401 g/mol. The van der Waals surface area contributed by atoms with Crippen LogP contribution in [-0.4, -0.2) is 47.4 Å². The van der Waals surface area contributed by atoms with E-state index in [-0.39, 0.29) is 18.0 Å². The van der Waals surface area contributed by atoms with E-state index in [0.717, 1.165) is 16.7 Å². The third-order valence-corrected chi connectivity index (χ3v) is 5.37. The molecular formula is C24H23N3O3. The highest BCUT2D eigenvalue weighted by atomic mass is 16.5. The average molecular weight is 401 g/mol. The Balaban J connectivity index is 1.64. The lowest BCUT2D eigenvalue weighted by molar-refractivity contribution is -0.141. The first-order chi connectivity index (χ1) is 14.5. The van der Waals surface area contributed by atoms with E-state index in [1.54, 1.807) is 26.3 Å². The van der Waals surface area contributed by atoms with Gasteiger partial charge in [0.2, 0.25) is 5.78 Å². The predicted molar refractivity (Wildman–Crippen MR) is 116 cm³/mol. The van der Waals surface area contributed by atoms with Crippen molar-refractivity contribution in [2.75, 3.05) is 6.61 Å². The van der Waals surface area contributed by atoms with Gasteiger partial charge in [-0.2, -0.15) is 0 Å². The third-order valence-electron chi connectivity index (χ3n) is 5.37. The van der Waals surface area contributed by atoms with E-state index in [9.17, 15) is 9.59 Å². The normalized spacial score (nSPS) is 22.5. The Labute approximate surface area is 175 Å². The molecule has 2 aromatic rings. The molecule has 2 aliphatic rings. The maximum atomic E-state index is 13.0. The number of hydrogen-bond donors (Lipinski definition) is 0. The fraction of sp³-hybridized carbons (Fsp3) is 0.250. The molecule has 2 unspecified atom stereocenters. The molecule has 0 aromatic heterocycles. The highest BCUT2D eigenvalue weighted by molar-refractivity contribution is 6.24. The highest BCUT2D eigenvalue weighted by Gasteiger charge is 2.50. The van der Waals surface area contributed by atoms with E-state index >= 15 is 0 Å². The van der Waals surface area contributed by atoms with Gasteiger partial charge in [0.25, 0.3) is 0 Å². The number of esters is 1. The molecule has 0 bridgehead atoms. The lowest BCUT2D eigenvalue weighted by Crippen LogP contribution is -2.57. The Bertz CT molecular complexity index is 1040. The molecule has 2 heterocycles. The van der Waals surface area contributed by atoms with Crippen molar-refractivity contribution in [2.24, 2.45) is 9.98 Å². The van der Waals surface area contributed by atoms with Gasteiger partial charge in [0, 0.05) is 25.2 Å². The molecule has 0 spiro atoms. The summed E-state index contributed by atoms with van der Waals surface area (Å²) in [6.45, 7) is 4.11. The Morgan fingerprint density at radius 1 is 1.07 bits per heavy atom. The maximum absolute atomic E-state index is 13.0. The molecule has 4 rings (SSSR count). The summed E-state index contributed by atoms with van der Waals surface area (Å²) in [4.78, 5) is 36.2. The van der Waals surface area contributed by atoms with Gasteiger partial charge in [-0.25, -0.2) is 4.79 Å². The van der Waals surface area contributed by atoms with Crippen LogP contribution in [0.5, 0.6) is 0 Å². The van der Waals surface area contributed by atoms with Crippen LogP contribution in [0, 0.1) is 0 Å². The molecule has 0 saturated carbocycles. The number of carbonyl (C=O) groups is 2. The second kappa shape index (κ2) is 8.06. The van der Waals surface area contributed by atoms with Crippen LogP contribution in [0.2, 0.25) is 0 Å². The van der Waals surface area contributed by atoms with Crippen LogP contribution in [0.15, 0.2) is 76.4 Å². The van der Waals surface area contributed by atoms with Crippen LogP contribution in [0.1, 0.15) is 19.4 Å². The number of ketones is 1. The molecule has 0 radical (unpaired) electrons. The molecule has 0 saturated heterocycles. The van der Waals surface area contributed by atoms with Crippen LogP contribution in [0.25, 0.3) is 11.1 Å². The Morgan fingerprint density at radius 3 is 2.47 bits per heavy atom. The first kappa shape index (κ1) is 19.8. The van der Waals surface area contributed by atoms with Crippen LogP contribution in [-0.2, 0) is 20.9 Å². The summed E-state index contributed by atoms with van der Waals surface area (Å²) in [6, 6.07) is 18.4. The molecule has 152 valence electrons. The molecule has 0 aliphatic carbocycles. The number of hydrogen-bond acceptors (Lipinski definition) is 6. The summed E-state index contributed by atoms with van der Waals surface area (Å²) in [5.74, 6) is -0.994. The number of benzene rings is 2. The van der Waals surface area contributed by atoms with Crippen molar-refractivity contribution in [1.29, 1.82) is 0 Å². The van der Waals surface area contributed by atoms with E-state index in [1.807, 2.05) is 35.2 Å². The first-order valence-electron chi connectivity index (χ1n) is 9.94. The minimum Gasteiger partial charge on any atom is -0.462 e. The molecule has 30 heavy (non-hydrogen) atoms. The van der Waals surface area contributed by atoms with Crippen molar-refractivity contribution in [3.63, 3.8) is 0 Å². The summed E-state index contributed by atoms with van der Waals surface area (Å²) >= 11 is 0. The molecule has 6 heteroatoms. The lowest BCUT2D eigenvalue weighted by atomic mass is 9.84. The van der Waals surface area contributed by atoms with Crippen molar-refractivity contribution in [2.45, 2.75) is 32.1 Å². The quantitative estimate of drug-likeness (QED) is 0.569. The van der Waals surface area contributed by atoms with Crippen molar-refractivity contribution in [3.05, 3.63) is 71.9 Å². The van der Waals surface area contributed by atoms with Crippen molar-refractivity contribution >= 4 is 24.2 Å². The van der Waals surface area contributed by atoms with Gasteiger partial charge in [-0.15, -0.1) is 0 Å². The molecule has 6 nitrogen and oxygen atoms in total. The largest absolute Gasteiger partial charge is 0.462 e. The number of nitrogens with zero attached hydrogens (tertiary/aromatic N) is 3. The predicted octanol–water partition coefficient (Wildman–Crippen LogP) is 3.43. The Hall–Kier alpha value is -3.54. The van der Waals surface area contributed by atoms with Gasteiger partial charge in [0.1, 0.15) is 5.57 Å². The van der Waals surface area contributed by atoms with Crippen molar-refractivity contribution in [1.82, 2.24) is 4.90 Å². The SMILES string of the molecule is CCOC(=O)C1=CN(Cc2ccc(-c3ccccc3)cc2)C2N=CC=NC2(C)C1=O. The van der Waals surface area contributed by atoms with Crippen molar-refractivity contribution < 1.29 is 14.3 Å². The average Bonchev–Trinajstić information content (AvgIpc) is 2.77. The summed E-state index contributed by atoms with van der Waals surface area (Å²) < 4.78 is 5.09. The van der Waals surface area contributed by atoms with Gasteiger partial charge in [-0.1, -0.05) is 54.6 Å². The first-order valence-corrected chi connectivity index (χ1v) is 9.94. The summed E-state index contributed by atoms with van der Waals surface area (Å²) in [5, 5.41) is 0. The van der Waals surface area contributed by atoms with Crippen LogP contribution in [0.4, 0.5) is 0 Å². The Morgan fingerprint density at radius 2 is 1.77 bits per heavy atom. The zero-order valence-corrected chi connectivity index (χ0v) is 17.0. The van der Waals surface area contributed by atoms with E-state index in [0.29, 0.717) is 6.54 Å². The number of fused-ring (bicyclic) bond motifs is 1. The van der Waals surface area contributed by atoms with E-state index in [1.165, 1.54) is 6.21 Å². The summed E-state index contributed by atoms with van der Waals surface area (Å²) in [7, 11) is 0. The van der Waals surface area contributed by atoms with Gasteiger partial charge in [0.15, 0.2) is 11.7 Å². The zero-order chi connectivity index (χ0) is 21.1. The third kappa shape index (κ3) is 3.56. The standard InChI is InChI=1S/C24H23N3O3/c1-3-30-22(29)20-16-27(23-24(2,21(20)28)26-14-13-25-23)15-17-9-11-19(12-10-17)18-7-5-4-6-8-18/h4-14,16,23H,3,15H2,1-2H3. The topological polar surface area (TPSA) is 71.3 Å². The highest BCUT2D eigenvalue weighted by Crippen LogP contribution is 2.34. The van der Waals surface area contributed by atoms with Gasteiger partial charge in [-0.3, -0.25) is 14.8 Å². The van der Waals surface area contributed by atoms with E-state index < -0.39 is 17.7 Å². The van der Waals surface area contributed by atoms with E-state index in [4.69, 9.17) is 4.74 Å². The second-order valence-corrected chi connectivity index (χ2v) is 7.43.